The number of esters is 2. The summed E-state index contributed by atoms with van der Waals surface area (Å²) in [7, 11) is 1.14. The second kappa shape index (κ2) is 39.7. The van der Waals surface area contributed by atoms with Crippen LogP contribution in [0.4, 0.5) is 0 Å². The van der Waals surface area contributed by atoms with Crippen molar-refractivity contribution in [1.29, 1.82) is 0 Å². The van der Waals surface area contributed by atoms with E-state index in [1.807, 2.05) is 21.1 Å². The number of carbonyl (C=O) groups excluding carboxylic acids is 2. The molecule has 2 atom stereocenters. The Labute approximate surface area is 351 Å². The molecule has 0 spiro atoms. The van der Waals surface area contributed by atoms with Gasteiger partial charge in [0.1, 0.15) is 19.8 Å². The van der Waals surface area contributed by atoms with Crippen LogP contribution in [0.5, 0.6) is 0 Å². The van der Waals surface area contributed by atoms with Gasteiger partial charge in [0.05, 0.1) is 27.7 Å². The lowest BCUT2D eigenvalue weighted by Gasteiger charge is -2.28. The maximum absolute atomic E-state index is 12.7. The van der Waals surface area contributed by atoms with Gasteiger partial charge in [0.15, 0.2) is 6.10 Å². The number of likely N-dealkylation sites (N-methyl/N-ethyl adjacent to an activating group) is 1. The zero-order chi connectivity index (χ0) is 42.1. The van der Waals surface area contributed by atoms with E-state index in [4.69, 9.17) is 18.5 Å². The van der Waals surface area contributed by atoms with Crippen molar-refractivity contribution in [2.45, 2.75) is 206 Å². The van der Waals surface area contributed by atoms with Gasteiger partial charge >= 0.3 is 11.9 Å². The number of phosphoric ester groups is 1. The van der Waals surface area contributed by atoms with Crippen molar-refractivity contribution >= 4 is 19.8 Å². The Morgan fingerprint density at radius 2 is 0.965 bits per heavy atom. The molecular weight excluding hydrogens is 737 g/mol. The zero-order valence-electron chi connectivity index (χ0n) is 37.5. The molecular formula is C47H88NO8P. The fourth-order valence-electron chi connectivity index (χ4n) is 6.26. The SMILES string of the molecule is CCCCCCCC/C=C/C/C=C/C/C=C/CCCC(=O)OC[C@H](COP(=O)([O-])OCC[N+](C)(C)C)OC(=O)CCCCCCCCCCCCCCCCCC. The second-order valence-corrected chi connectivity index (χ2v) is 18.2. The molecule has 0 saturated heterocycles. The van der Waals surface area contributed by atoms with E-state index in [2.05, 4.69) is 50.3 Å². The zero-order valence-corrected chi connectivity index (χ0v) is 38.4. The molecule has 0 fully saturated rings. The average molecular weight is 826 g/mol. The van der Waals surface area contributed by atoms with Crippen molar-refractivity contribution in [2.75, 3.05) is 47.5 Å². The highest BCUT2D eigenvalue weighted by Crippen LogP contribution is 2.38. The summed E-state index contributed by atoms with van der Waals surface area (Å²) in [5, 5.41) is 0. The number of nitrogens with zero attached hydrogens (tertiary/aromatic N) is 1. The van der Waals surface area contributed by atoms with Crippen molar-refractivity contribution in [1.82, 2.24) is 0 Å². The highest BCUT2D eigenvalue weighted by atomic mass is 31.2. The summed E-state index contributed by atoms with van der Waals surface area (Å²) in [6.45, 7) is 4.18. The Hall–Kier alpha value is -1.77. The number of ether oxygens (including phenoxy) is 2. The first kappa shape index (κ1) is 55.2. The third kappa shape index (κ3) is 43.6. The van der Waals surface area contributed by atoms with Gasteiger partial charge < -0.3 is 27.9 Å². The monoisotopic (exact) mass is 826 g/mol. The molecule has 0 aliphatic carbocycles. The van der Waals surface area contributed by atoms with E-state index < -0.39 is 32.5 Å². The van der Waals surface area contributed by atoms with Crippen LogP contribution >= 0.6 is 7.82 Å². The van der Waals surface area contributed by atoms with E-state index in [-0.39, 0.29) is 26.1 Å². The maximum atomic E-state index is 12.7. The summed E-state index contributed by atoms with van der Waals surface area (Å²) >= 11 is 0. The molecule has 0 aliphatic heterocycles. The number of carbonyl (C=O) groups is 2. The van der Waals surface area contributed by atoms with Gasteiger partial charge in [-0.2, -0.15) is 0 Å². The Balaban J connectivity index is 4.39. The third-order valence-corrected chi connectivity index (χ3v) is 10.9. The summed E-state index contributed by atoms with van der Waals surface area (Å²) in [5.41, 5.74) is 0. The lowest BCUT2D eigenvalue weighted by atomic mass is 10.0. The van der Waals surface area contributed by atoms with Gasteiger partial charge in [0, 0.05) is 12.8 Å². The molecule has 0 bridgehead atoms. The molecule has 0 aliphatic rings. The highest BCUT2D eigenvalue weighted by Gasteiger charge is 2.21. The molecule has 0 aromatic carbocycles. The lowest BCUT2D eigenvalue weighted by Crippen LogP contribution is -2.37. The first-order valence-electron chi connectivity index (χ1n) is 23.2. The molecule has 9 nitrogen and oxygen atoms in total. The van der Waals surface area contributed by atoms with Crippen LogP contribution in [-0.4, -0.2) is 70.0 Å². The first-order chi connectivity index (χ1) is 27.5. The van der Waals surface area contributed by atoms with E-state index in [9.17, 15) is 19.0 Å². The quantitative estimate of drug-likeness (QED) is 0.0197. The van der Waals surface area contributed by atoms with E-state index >= 15 is 0 Å². The van der Waals surface area contributed by atoms with Gasteiger partial charge in [0.2, 0.25) is 0 Å². The first-order valence-corrected chi connectivity index (χ1v) is 24.7. The minimum Gasteiger partial charge on any atom is -0.756 e. The van der Waals surface area contributed by atoms with Crippen molar-refractivity contribution < 1.29 is 42.1 Å². The summed E-state index contributed by atoms with van der Waals surface area (Å²) in [6.07, 6.45) is 44.6. The van der Waals surface area contributed by atoms with Crippen LogP contribution in [0.1, 0.15) is 200 Å². The molecule has 0 aromatic rings. The summed E-state index contributed by atoms with van der Waals surface area (Å²) < 4.78 is 33.9. The van der Waals surface area contributed by atoms with Crippen LogP contribution in [0.3, 0.4) is 0 Å². The molecule has 57 heavy (non-hydrogen) atoms. The minimum absolute atomic E-state index is 0.0373. The Kier molecular flexibility index (Phi) is 38.4. The minimum atomic E-state index is -4.63. The van der Waals surface area contributed by atoms with Crippen LogP contribution in [0.25, 0.3) is 0 Å². The molecule has 334 valence electrons. The Morgan fingerprint density at radius 3 is 1.46 bits per heavy atom. The summed E-state index contributed by atoms with van der Waals surface area (Å²) in [4.78, 5) is 37.5. The summed E-state index contributed by atoms with van der Waals surface area (Å²) in [5.74, 6) is -0.889. The highest BCUT2D eigenvalue weighted by molar-refractivity contribution is 7.45. The fourth-order valence-corrected chi connectivity index (χ4v) is 6.99. The van der Waals surface area contributed by atoms with E-state index in [0.717, 1.165) is 44.9 Å². The van der Waals surface area contributed by atoms with E-state index in [1.54, 1.807) is 0 Å². The molecule has 0 aromatic heterocycles. The van der Waals surface area contributed by atoms with Crippen molar-refractivity contribution in [2.24, 2.45) is 0 Å². The van der Waals surface area contributed by atoms with Crippen LogP contribution < -0.4 is 4.89 Å². The molecule has 0 amide bonds. The molecule has 0 rings (SSSR count). The largest absolute Gasteiger partial charge is 0.756 e. The number of phosphoric acid groups is 1. The fraction of sp³-hybridized carbons (Fsp3) is 0.830. The predicted octanol–water partition coefficient (Wildman–Crippen LogP) is 12.7. The Morgan fingerprint density at radius 1 is 0.544 bits per heavy atom. The standard InChI is InChI=1S/C47H88NO8P/c1-6-8-10-12-14-16-18-20-22-24-26-27-29-31-33-35-37-39-46(49)53-43-45(44-55-57(51,52)54-42-41-48(3,4)5)56-47(50)40-38-36-34-32-30-28-25-23-21-19-17-15-13-11-9-7-2/h20,22,26-27,31,33,45H,6-19,21,23-25,28-30,32,34-44H2,1-5H3/b22-20+,27-26+,33-31+/t45-/m1/s1. The molecule has 1 unspecified atom stereocenters. The Bertz CT molecular complexity index is 1070. The number of unbranched alkanes of at least 4 members (excludes halogenated alkanes) is 22. The third-order valence-electron chi connectivity index (χ3n) is 9.91. The van der Waals surface area contributed by atoms with Crippen molar-refractivity contribution in [3.63, 3.8) is 0 Å². The lowest BCUT2D eigenvalue weighted by molar-refractivity contribution is -0.870. The second-order valence-electron chi connectivity index (χ2n) is 16.8. The van der Waals surface area contributed by atoms with Gasteiger partial charge in [-0.1, -0.05) is 179 Å². The number of rotatable bonds is 42. The van der Waals surface area contributed by atoms with Crippen LogP contribution in [0, 0.1) is 0 Å². The smallest absolute Gasteiger partial charge is 0.306 e. The van der Waals surface area contributed by atoms with Gasteiger partial charge in [0.25, 0.3) is 7.82 Å². The topological polar surface area (TPSA) is 111 Å². The predicted molar refractivity (Wildman–Crippen MR) is 236 cm³/mol. The summed E-state index contributed by atoms with van der Waals surface area (Å²) in [6, 6.07) is 0. The number of hydrogen-bond acceptors (Lipinski definition) is 8. The van der Waals surface area contributed by atoms with Gasteiger partial charge in [-0.05, 0) is 44.9 Å². The van der Waals surface area contributed by atoms with Gasteiger partial charge in [-0.3, -0.25) is 14.2 Å². The van der Waals surface area contributed by atoms with Gasteiger partial charge in [-0.25, -0.2) is 0 Å². The van der Waals surface area contributed by atoms with E-state index in [0.29, 0.717) is 23.9 Å². The van der Waals surface area contributed by atoms with Crippen LogP contribution in [0.2, 0.25) is 0 Å². The number of quaternary nitrogens is 1. The number of hydrogen-bond donors (Lipinski definition) is 0. The van der Waals surface area contributed by atoms with Crippen molar-refractivity contribution in [3.05, 3.63) is 36.5 Å². The van der Waals surface area contributed by atoms with Crippen LogP contribution in [-0.2, 0) is 32.7 Å². The van der Waals surface area contributed by atoms with Crippen molar-refractivity contribution in [3.8, 4) is 0 Å². The molecule has 0 radical (unpaired) electrons. The average Bonchev–Trinajstić information content (AvgIpc) is 3.16. The van der Waals surface area contributed by atoms with Crippen LogP contribution in [0.15, 0.2) is 36.5 Å². The normalized spacial score (nSPS) is 13.9. The molecule has 0 heterocycles. The molecule has 0 N–H and O–H groups in total. The van der Waals surface area contributed by atoms with Gasteiger partial charge in [-0.15, -0.1) is 0 Å². The molecule has 0 saturated carbocycles. The van der Waals surface area contributed by atoms with E-state index in [1.165, 1.54) is 116 Å². The maximum Gasteiger partial charge on any atom is 0.306 e. The number of allylic oxidation sites excluding steroid dienone is 6. The molecule has 10 heteroatoms.